The Morgan fingerprint density at radius 1 is 0.725 bits per heavy atom. The molecule has 2 heterocycles. The smallest absolute Gasteiger partial charge is 0.315 e. The highest BCUT2D eigenvalue weighted by Gasteiger charge is 2.42. The maximum absolute atomic E-state index is 14.3. The number of amides is 1. The Kier molecular flexibility index (Phi) is 12.2. The number of ketones is 2. The van der Waals surface area contributed by atoms with E-state index in [4.69, 9.17) is 28.9 Å². The first kappa shape index (κ1) is 37.9. The second-order valence-corrected chi connectivity index (χ2v) is 13.6. The Balaban J connectivity index is 0.000000201. The fourth-order valence-electron chi connectivity index (χ4n) is 6.35. The third-order valence-electron chi connectivity index (χ3n) is 9.48. The van der Waals surface area contributed by atoms with Gasteiger partial charge in [-0.15, -0.1) is 0 Å². The van der Waals surface area contributed by atoms with Gasteiger partial charge in [0.2, 0.25) is 0 Å². The number of nitrogens with one attached hydrogen (secondary N) is 1. The molecule has 2 aromatic carbocycles. The van der Waals surface area contributed by atoms with Crippen LogP contribution in [-0.2, 0) is 28.5 Å². The van der Waals surface area contributed by atoms with Crippen molar-refractivity contribution in [2.75, 3.05) is 13.1 Å². The van der Waals surface area contributed by atoms with E-state index < -0.39 is 30.1 Å². The van der Waals surface area contributed by atoms with Crippen molar-refractivity contribution in [1.82, 2.24) is 25.3 Å². The van der Waals surface area contributed by atoms with E-state index in [1.165, 1.54) is 43.0 Å². The van der Waals surface area contributed by atoms with E-state index in [-0.39, 0.29) is 34.9 Å². The van der Waals surface area contributed by atoms with Crippen molar-refractivity contribution in [3.05, 3.63) is 117 Å². The zero-order valence-corrected chi connectivity index (χ0v) is 28.8. The molecule has 0 saturated heterocycles. The van der Waals surface area contributed by atoms with E-state index >= 15 is 0 Å². The van der Waals surface area contributed by atoms with Crippen LogP contribution in [0.2, 0.25) is 10.0 Å². The minimum atomic E-state index is -3.18. The van der Waals surface area contributed by atoms with Crippen LogP contribution in [0.15, 0.2) is 61.2 Å². The molecule has 0 bridgehead atoms. The average molecular weight is 746 g/mol. The summed E-state index contributed by atoms with van der Waals surface area (Å²) in [6.45, 7) is -0.635. The van der Waals surface area contributed by atoms with E-state index in [2.05, 4.69) is 19.9 Å². The van der Waals surface area contributed by atoms with Crippen molar-refractivity contribution in [3.63, 3.8) is 0 Å². The van der Waals surface area contributed by atoms with Crippen LogP contribution in [-0.4, -0.2) is 56.9 Å². The molecule has 0 unspecified atom stereocenters. The number of Topliss-reactive ketones (excluding diaryl/α,β-unsaturated/α-hetero) is 2. The molecule has 2 aliphatic rings. The molecular weight excluding hydrogens is 711 g/mol. The molecule has 0 aliphatic heterocycles. The van der Waals surface area contributed by atoms with Gasteiger partial charge in [0.25, 0.3) is 5.91 Å². The van der Waals surface area contributed by atoms with E-state index in [1.807, 2.05) is 5.32 Å². The van der Waals surface area contributed by atoms with Crippen molar-refractivity contribution in [3.8, 4) is 0 Å². The van der Waals surface area contributed by atoms with Crippen molar-refractivity contribution in [2.45, 2.75) is 68.6 Å². The van der Waals surface area contributed by atoms with Gasteiger partial charge in [0.15, 0.2) is 11.6 Å². The van der Waals surface area contributed by atoms with Gasteiger partial charge < -0.3 is 11.1 Å². The molecule has 2 fully saturated rings. The molecule has 268 valence electrons. The van der Waals surface area contributed by atoms with Crippen molar-refractivity contribution in [1.29, 1.82) is 0 Å². The highest BCUT2D eigenvalue weighted by molar-refractivity contribution is 6.31. The fourth-order valence-corrected chi connectivity index (χ4v) is 6.69. The third kappa shape index (κ3) is 8.95. The third-order valence-corrected chi connectivity index (χ3v) is 9.95. The molecule has 0 radical (unpaired) electrons. The summed E-state index contributed by atoms with van der Waals surface area (Å²) in [7, 11) is 0. The lowest BCUT2D eigenvalue weighted by molar-refractivity contribution is -0.131. The Bertz CT molecular complexity index is 1890. The van der Waals surface area contributed by atoms with Crippen LogP contribution >= 0.6 is 23.2 Å². The molecule has 3 N–H and O–H groups in total. The van der Waals surface area contributed by atoms with Gasteiger partial charge in [0.05, 0.1) is 24.2 Å². The molecule has 2 saturated carbocycles. The molecule has 15 heteroatoms. The number of hydrogen-bond donors (Lipinski definition) is 2. The number of rotatable bonds is 12. The van der Waals surface area contributed by atoms with Gasteiger partial charge >= 0.3 is 6.43 Å². The normalized spacial score (nSPS) is 15.5. The monoisotopic (exact) mass is 744 g/mol. The molecule has 2 aliphatic carbocycles. The van der Waals surface area contributed by atoms with Gasteiger partial charge in [0, 0.05) is 58.5 Å². The number of nitrogens with two attached hydrogens (primary N) is 1. The molecule has 0 spiro atoms. The standard InChI is InChI=1S/C19H17ClF3N3O2.C17H17ClFN3O/c20-12-2-3-14(21)13(6-12)19(4-1-5-19)7-16-24-8-11(9-25-16)15(27)10-26-18(28)17(22)23;18-12-2-3-14(19)13(6-12)17(4-1-5-17)7-16-21-9-11(10-22-16)15(23)8-20/h2-3,6,8-9,17H,1,4-5,7,10H2,(H,26,28);2-3,6,9-10H,1,4-5,7-8,20H2. The largest absolute Gasteiger partial charge is 0.344 e. The van der Waals surface area contributed by atoms with Crippen molar-refractivity contribution >= 4 is 40.7 Å². The zero-order chi connectivity index (χ0) is 36.8. The summed E-state index contributed by atoms with van der Waals surface area (Å²) < 4.78 is 52.9. The molecule has 2 aromatic heterocycles. The molecule has 1 amide bonds. The van der Waals surface area contributed by atoms with Crippen LogP contribution in [0.3, 0.4) is 0 Å². The predicted molar refractivity (Wildman–Crippen MR) is 182 cm³/mol. The Morgan fingerprint density at radius 2 is 1.14 bits per heavy atom. The van der Waals surface area contributed by atoms with E-state index in [0.29, 0.717) is 51.2 Å². The second kappa shape index (κ2) is 16.3. The Hall–Kier alpha value is -4.33. The number of hydrogen-bond acceptors (Lipinski definition) is 8. The summed E-state index contributed by atoms with van der Waals surface area (Å²) in [5, 5.41) is 2.82. The predicted octanol–water partition coefficient (Wildman–Crippen LogP) is 6.57. The number of carbonyl (C=O) groups excluding carboxylic acids is 3. The van der Waals surface area contributed by atoms with Gasteiger partial charge in [-0.2, -0.15) is 8.78 Å². The fraction of sp³-hybridized carbons (Fsp3) is 0.361. The number of halogens is 6. The maximum atomic E-state index is 14.3. The molecule has 9 nitrogen and oxygen atoms in total. The van der Waals surface area contributed by atoms with E-state index in [0.717, 1.165) is 38.5 Å². The topological polar surface area (TPSA) is 141 Å². The highest BCUT2D eigenvalue weighted by atomic mass is 35.5. The number of carbonyl (C=O) groups is 3. The quantitative estimate of drug-likeness (QED) is 0.123. The summed E-state index contributed by atoms with van der Waals surface area (Å²) in [6, 6.07) is 9.12. The first-order chi connectivity index (χ1) is 24.3. The lowest BCUT2D eigenvalue weighted by Crippen LogP contribution is -2.38. The first-order valence-corrected chi connectivity index (χ1v) is 17.0. The van der Waals surface area contributed by atoms with Crippen LogP contribution in [0.1, 0.15) is 82.0 Å². The molecule has 4 aromatic rings. The molecule has 0 atom stereocenters. The van der Waals surface area contributed by atoms with Gasteiger partial charge in [0.1, 0.15) is 23.3 Å². The number of nitrogens with zero attached hydrogens (tertiary/aromatic N) is 4. The summed E-state index contributed by atoms with van der Waals surface area (Å²) in [4.78, 5) is 51.1. The lowest BCUT2D eigenvalue weighted by atomic mass is 9.62. The number of benzene rings is 2. The SMILES string of the molecule is NCC(=O)c1cnc(CC2(c3cc(Cl)ccc3F)CCC2)nc1.O=C(CNC(=O)C(F)F)c1cnc(CC2(c3cc(Cl)ccc3F)CCC2)nc1. The van der Waals surface area contributed by atoms with Gasteiger partial charge in [-0.05, 0) is 73.2 Å². The Morgan fingerprint density at radius 3 is 1.49 bits per heavy atom. The highest BCUT2D eigenvalue weighted by Crippen LogP contribution is 2.48. The summed E-state index contributed by atoms with van der Waals surface area (Å²) in [5.74, 6) is -1.84. The van der Waals surface area contributed by atoms with Crippen LogP contribution in [0.4, 0.5) is 17.6 Å². The molecular formula is C36H34Cl2F4N6O3. The summed E-state index contributed by atoms with van der Waals surface area (Å²) in [6.07, 6.45) is 8.54. The van der Waals surface area contributed by atoms with Crippen molar-refractivity contribution < 1.29 is 31.9 Å². The number of alkyl halides is 2. The van der Waals surface area contributed by atoms with Gasteiger partial charge in [-0.25, -0.2) is 28.7 Å². The van der Waals surface area contributed by atoms with E-state index in [1.54, 1.807) is 18.2 Å². The van der Waals surface area contributed by atoms with Gasteiger partial charge in [-0.1, -0.05) is 36.0 Å². The van der Waals surface area contributed by atoms with Crippen LogP contribution < -0.4 is 11.1 Å². The van der Waals surface area contributed by atoms with Crippen LogP contribution in [0.25, 0.3) is 0 Å². The average Bonchev–Trinajstić information content (AvgIpc) is 3.09. The summed E-state index contributed by atoms with van der Waals surface area (Å²) >= 11 is 12.1. The van der Waals surface area contributed by atoms with E-state index in [9.17, 15) is 31.9 Å². The molecule has 6 rings (SSSR count). The van der Waals surface area contributed by atoms with Crippen LogP contribution in [0.5, 0.6) is 0 Å². The maximum Gasteiger partial charge on any atom is 0.315 e. The lowest BCUT2D eigenvalue weighted by Gasteiger charge is -2.42. The zero-order valence-electron chi connectivity index (χ0n) is 27.3. The first-order valence-electron chi connectivity index (χ1n) is 16.2. The van der Waals surface area contributed by atoms with Crippen molar-refractivity contribution in [2.24, 2.45) is 5.73 Å². The van der Waals surface area contributed by atoms with Crippen LogP contribution in [0, 0.1) is 11.6 Å². The van der Waals surface area contributed by atoms with Gasteiger partial charge in [-0.3, -0.25) is 14.4 Å². The summed E-state index contributed by atoms with van der Waals surface area (Å²) in [5.41, 5.74) is 6.22. The Labute approximate surface area is 301 Å². The second-order valence-electron chi connectivity index (χ2n) is 12.7. The minimum Gasteiger partial charge on any atom is -0.344 e. The number of aromatic nitrogens is 4. The molecule has 51 heavy (non-hydrogen) atoms. The minimum absolute atomic E-state index is 0.0691.